The molecule has 96 valence electrons. The largest absolute Gasteiger partial charge is 0.494 e. The van der Waals surface area contributed by atoms with Crippen LogP contribution in [0.5, 0.6) is 11.5 Å². The molecule has 0 heterocycles. The van der Waals surface area contributed by atoms with Crippen molar-refractivity contribution < 1.29 is 17.9 Å². The van der Waals surface area contributed by atoms with Crippen molar-refractivity contribution >= 4 is 19.7 Å². The van der Waals surface area contributed by atoms with Crippen LogP contribution in [0.3, 0.4) is 0 Å². The fourth-order valence-electron chi connectivity index (χ4n) is 1.22. The minimum atomic E-state index is -3.42. The highest BCUT2D eigenvalue weighted by molar-refractivity contribution is 8.13. The number of rotatable bonds is 7. The third-order valence-electron chi connectivity index (χ3n) is 1.94. The number of hydrogen-bond donors (Lipinski definition) is 0. The molecule has 6 heteroatoms. The van der Waals surface area contributed by atoms with E-state index in [1.165, 1.54) is 0 Å². The van der Waals surface area contributed by atoms with Crippen molar-refractivity contribution in [2.75, 3.05) is 19.0 Å². The lowest BCUT2D eigenvalue weighted by Crippen LogP contribution is -2.04. The Hall–Kier alpha value is -0.940. The van der Waals surface area contributed by atoms with E-state index >= 15 is 0 Å². The Kier molecular flexibility index (Phi) is 5.58. The lowest BCUT2D eigenvalue weighted by Gasteiger charge is -2.07. The SMILES string of the molecule is CCOc1ccc(OCCCS(=O)(=O)Cl)cc1. The summed E-state index contributed by atoms with van der Waals surface area (Å²) in [5, 5.41) is 0. The van der Waals surface area contributed by atoms with Crippen molar-refractivity contribution in [3.8, 4) is 11.5 Å². The summed E-state index contributed by atoms with van der Waals surface area (Å²) in [7, 11) is 1.65. The van der Waals surface area contributed by atoms with Gasteiger partial charge in [0.05, 0.1) is 19.0 Å². The van der Waals surface area contributed by atoms with Crippen molar-refractivity contribution in [1.82, 2.24) is 0 Å². The molecule has 0 bridgehead atoms. The Bertz CT molecular complexity index is 427. The fourth-order valence-corrected chi connectivity index (χ4v) is 2.01. The summed E-state index contributed by atoms with van der Waals surface area (Å²) in [6.45, 7) is 2.85. The molecule has 0 N–H and O–H groups in total. The van der Waals surface area contributed by atoms with Crippen LogP contribution in [0.25, 0.3) is 0 Å². The van der Waals surface area contributed by atoms with E-state index in [1.807, 2.05) is 6.92 Å². The second-order valence-electron chi connectivity index (χ2n) is 3.35. The zero-order chi connectivity index (χ0) is 12.7. The molecular weight excluding hydrogens is 264 g/mol. The zero-order valence-corrected chi connectivity index (χ0v) is 11.1. The van der Waals surface area contributed by atoms with Gasteiger partial charge in [-0.3, -0.25) is 0 Å². The standard InChI is InChI=1S/C11H15ClO4S/c1-2-15-10-4-6-11(7-5-10)16-8-3-9-17(12,13)14/h4-7H,2-3,8-9H2,1H3. The Labute approximate surface area is 106 Å². The molecule has 1 aromatic rings. The van der Waals surface area contributed by atoms with Gasteiger partial charge in [0.1, 0.15) is 11.5 Å². The van der Waals surface area contributed by atoms with Crippen LogP contribution in [-0.2, 0) is 9.05 Å². The van der Waals surface area contributed by atoms with Crippen LogP contribution in [0, 0.1) is 0 Å². The Morgan fingerprint density at radius 2 is 1.65 bits per heavy atom. The number of hydrogen-bond acceptors (Lipinski definition) is 4. The second kappa shape index (κ2) is 6.71. The van der Waals surface area contributed by atoms with Crippen LogP contribution in [0.2, 0.25) is 0 Å². The molecule has 0 aliphatic carbocycles. The first-order valence-corrected chi connectivity index (χ1v) is 7.77. The third-order valence-corrected chi connectivity index (χ3v) is 3.18. The topological polar surface area (TPSA) is 52.6 Å². The Balaban J connectivity index is 2.32. The third kappa shape index (κ3) is 6.38. The average Bonchev–Trinajstić information content (AvgIpc) is 2.26. The molecule has 0 saturated heterocycles. The molecule has 4 nitrogen and oxygen atoms in total. The van der Waals surface area contributed by atoms with E-state index in [0.717, 1.165) is 5.75 Å². The highest BCUT2D eigenvalue weighted by Gasteiger charge is 2.04. The van der Waals surface area contributed by atoms with E-state index in [2.05, 4.69) is 0 Å². The summed E-state index contributed by atoms with van der Waals surface area (Å²) in [5.74, 6) is 1.38. The summed E-state index contributed by atoms with van der Waals surface area (Å²) in [6.07, 6.45) is 0.374. The Morgan fingerprint density at radius 1 is 1.12 bits per heavy atom. The molecule has 0 fully saturated rings. The van der Waals surface area contributed by atoms with Gasteiger partial charge in [-0.25, -0.2) is 8.42 Å². The molecule has 0 radical (unpaired) electrons. The summed E-state index contributed by atoms with van der Waals surface area (Å²) in [4.78, 5) is 0. The predicted octanol–water partition coefficient (Wildman–Crippen LogP) is 2.42. The van der Waals surface area contributed by atoms with Crippen molar-refractivity contribution in [3.63, 3.8) is 0 Å². The molecule has 0 aliphatic heterocycles. The summed E-state index contributed by atoms with van der Waals surface area (Å²) >= 11 is 0. The van der Waals surface area contributed by atoms with Crippen LogP contribution < -0.4 is 9.47 Å². The van der Waals surface area contributed by atoms with Gasteiger partial charge in [0, 0.05) is 10.7 Å². The molecule has 0 amide bonds. The lowest BCUT2D eigenvalue weighted by molar-refractivity contribution is 0.314. The first-order chi connectivity index (χ1) is 8.01. The normalized spacial score (nSPS) is 11.2. The van der Waals surface area contributed by atoms with E-state index < -0.39 is 9.05 Å². The molecule has 0 aromatic heterocycles. The van der Waals surface area contributed by atoms with E-state index in [-0.39, 0.29) is 5.75 Å². The summed E-state index contributed by atoms with van der Waals surface area (Å²) < 4.78 is 31.9. The molecule has 0 saturated carbocycles. The van der Waals surface area contributed by atoms with E-state index in [9.17, 15) is 8.42 Å². The Morgan fingerprint density at radius 3 is 2.12 bits per heavy atom. The fraction of sp³-hybridized carbons (Fsp3) is 0.455. The smallest absolute Gasteiger partial charge is 0.232 e. The van der Waals surface area contributed by atoms with Gasteiger partial charge in [-0.05, 0) is 37.6 Å². The average molecular weight is 279 g/mol. The monoisotopic (exact) mass is 278 g/mol. The number of benzene rings is 1. The first-order valence-electron chi connectivity index (χ1n) is 5.29. The van der Waals surface area contributed by atoms with Gasteiger partial charge < -0.3 is 9.47 Å². The van der Waals surface area contributed by atoms with Gasteiger partial charge in [-0.15, -0.1) is 0 Å². The van der Waals surface area contributed by atoms with Crippen LogP contribution in [-0.4, -0.2) is 27.4 Å². The first kappa shape index (κ1) is 14.1. The number of ether oxygens (including phenoxy) is 2. The molecule has 0 spiro atoms. The molecule has 0 unspecified atom stereocenters. The predicted molar refractivity (Wildman–Crippen MR) is 67.4 cm³/mol. The van der Waals surface area contributed by atoms with E-state index in [1.54, 1.807) is 24.3 Å². The van der Waals surface area contributed by atoms with Crippen molar-refractivity contribution in [2.24, 2.45) is 0 Å². The van der Waals surface area contributed by atoms with Crippen molar-refractivity contribution in [2.45, 2.75) is 13.3 Å². The van der Waals surface area contributed by atoms with Crippen LogP contribution in [0.15, 0.2) is 24.3 Å². The quantitative estimate of drug-likeness (QED) is 0.568. The summed E-state index contributed by atoms with van der Waals surface area (Å²) in [6, 6.07) is 7.16. The second-order valence-corrected chi connectivity index (χ2v) is 6.25. The van der Waals surface area contributed by atoms with Gasteiger partial charge >= 0.3 is 0 Å². The van der Waals surface area contributed by atoms with Gasteiger partial charge in [0.15, 0.2) is 0 Å². The maximum Gasteiger partial charge on any atom is 0.232 e. The molecule has 1 rings (SSSR count). The van der Waals surface area contributed by atoms with Crippen LogP contribution in [0.1, 0.15) is 13.3 Å². The highest BCUT2D eigenvalue weighted by Crippen LogP contribution is 2.17. The highest BCUT2D eigenvalue weighted by atomic mass is 35.7. The van der Waals surface area contributed by atoms with Crippen molar-refractivity contribution in [3.05, 3.63) is 24.3 Å². The van der Waals surface area contributed by atoms with E-state index in [4.69, 9.17) is 20.2 Å². The molecule has 0 aliphatic rings. The minimum Gasteiger partial charge on any atom is -0.494 e. The van der Waals surface area contributed by atoms with Crippen LogP contribution >= 0.6 is 10.7 Å². The maximum atomic E-state index is 10.7. The van der Waals surface area contributed by atoms with Gasteiger partial charge in [0.25, 0.3) is 0 Å². The summed E-state index contributed by atoms with van der Waals surface area (Å²) in [5.41, 5.74) is 0. The van der Waals surface area contributed by atoms with Gasteiger partial charge in [-0.2, -0.15) is 0 Å². The molecule has 0 atom stereocenters. The molecule has 1 aromatic carbocycles. The zero-order valence-electron chi connectivity index (χ0n) is 9.56. The van der Waals surface area contributed by atoms with Crippen LogP contribution in [0.4, 0.5) is 0 Å². The molecular formula is C11H15ClO4S. The minimum absolute atomic E-state index is 0.0778. The van der Waals surface area contributed by atoms with Gasteiger partial charge in [-0.1, -0.05) is 0 Å². The maximum absolute atomic E-state index is 10.7. The van der Waals surface area contributed by atoms with Crippen molar-refractivity contribution in [1.29, 1.82) is 0 Å². The van der Waals surface area contributed by atoms with Gasteiger partial charge in [0.2, 0.25) is 9.05 Å². The molecule has 17 heavy (non-hydrogen) atoms. The number of halogens is 1. The van der Waals surface area contributed by atoms with E-state index in [0.29, 0.717) is 25.4 Å². The lowest BCUT2D eigenvalue weighted by atomic mass is 10.3.